The molecule has 2 rings (SSSR count). The van der Waals surface area contributed by atoms with E-state index in [9.17, 15) is 14.7 Å². The maximum absolute atomic E-state index is 12.5. The van der Waals surface area contributed by atoms with E-state index in [-0.39, 0.29) is 5.91 Å². The first-order valence-electron chi connectivity index (χ1n) is 7.53. The van der Waals surface area contributed by atoms with Crippen LogP contribution in [0.15, 0.2) is 18.2 Å². The van der Waals surface area contributed by atoms with Gasteiger partial charge in [-0.15, -0.1) is 0 Å². The van der Waals surface area contributed by atoms with Crippen LogP contribution in [-0.2, 0) is 9.59 Å². The average molecular weight is 289 g/mol. The molecule has 114 valence electrons. The van der Waals surface area contributed by atoms with E-state index in [2.05, 4.69) is 12.2 Å². The summed E-state index contributed by atoms with van der Waals surface area (Å²) in [6, 6.07) is 5.88. The first-order valence-corrected chi connectivity index (χ1v) is 7.53. The molecule has 0 radical (unpaired) electrons. The van der Waals surface area contributed by atoms with Crippen molar-refractivity contribution in [1.29, 1.82) is 0 Å². The van der Waals surface area contributed by atoms with Crippen LogP contribution in [0.2, 0.25) is 0 Å². The van der Waals surface area contributed by atoms with Crippen LogP contribution in [-0.4, -0.2) is 17.0 Å². The van der Waals surface area contributed by atoms with Crippen LogP contribution >= 0.6 is 0 Å². The Kier molecular flexibility index (Phi) is 4.66. The average Bonchev–Trinajstić information content (AvgIpc) is 2.87. The fourth-order valence-corrected chi connectivity index (χ4v) is 3.13. The van der Waals surface area contributed by atoms with Gasteiger partial charge in [-0.2, -0.15) is 0 Å². The molecule has 1 fully saturated rings. The topological polar surface area (TPSA) is 66.4 Å². The molecule has 1 aliphatic carbocycles. The van der Waals surface area contributed by atoms with Gasteiger partial charge in [-0.25, -0.2) is 0 Å². The molecular formula is C17H23NO3. The minimum atomic E-state index is -0.855. The lowest BCUT2D eigenvalue weighted by Gasteiger charge is -2.17. The molecule has 1 aromatic carbocycles. The van der Waals surface area contributed by atoms with E-state index in [4.69, 9.17) is 0 Å². The molecule has 4 heteroatoms. The fourth-order valence-electron chi connectivity index (χ4n) is 3.13. The molecule has 0 aromatic heterocycles. The number of rotatable bonds is 4. The number of hydrogen-bond acceptors (Lipinski definition) is 2. The molecule has 1 aromatic rings. The van der Waals surface area contributed by atoms with Gasteiger partial charge in [-0.05, 0) is 49.8 Å². The smallest absolute Gasteiger partial charge is 0.307 e. The third-order valence-electron chi connectivity index (χ3n) is 4.54. The Hall–Kier alpha value is -1.84. The molecule has 0 saturated heterocycles. The molecule has 1 saturated carbocycles. The molecule has 3 atom stereocenters. The van der Waals surface area contributed by atoms with Crippen LogP contribution < -0.4 is 5.32 Å². The number of carboxylic acids is 1. The number of carbonyl (C=O) groups excluding carboxylic acids is 1. The summed E-state index contributed by atoms with van der Waals surface area (Å²) in [7, 11) is 0. The second-order valence-electron chi connectivity index (χ2n) is 6.10. The summed E-state index contributed by atoms with van der Waals surface area (Å²) in [6.07, 6.45) is 2.21. The number of amides is 1. The summed E-state index contributed by atoms with van der Waals surface area (Å²) in [6.45, 7) is 5.96. The standard InChI is InChI=1S/C17H23NO3/c1-4-12-8-13(14(9-12)17(20)21)16(19)18-15-7-10(2)5-6-11(15)3/h5-7,12-14H,4,8-9H2,1-3H3,(H,18,19)(H,20,21). The molecule has 0 heterocycles. The highest BCUT2D eigenvalue weighted by Crippen LogP contribution is 2.39. The van der Waals surface area contributed by atoms with E-state index in [0.29, 0.717) is 18.8 Å². The zero-order valence-electron chi connectivity index (χ0n) is 12.8. The minimum Gasteiger partial charge on any atom is -0.481 e. The highest BCUT2D eigenvalue weighted by atomic mass is 16.4. The maximum Gasteiger partial charge on any atom is 0.307 e. The second kappa shape index (κ2) is 6.29. The molecule has 2 N–H and O–H groups in total. The maximum atomic E-state index is 12.5. The Labute approximate surface area is 125 Å². The van der Waals surface area contributed by atoms with Crippen molar-refractivity contribution >= 4 is 17.6 Å². The van der Waals surface area contributed by atoms with Gasteiger partial charge in [0.05, 0.1) is 11.8 Å². The first kappa shape index (κ1) is 15.5. The summed E-state index contributed by atoms with van der Waals surface area (Å²) in [5.74, 6) is -1.66. The van der Waals surface area contributed by atoms with Crippen molar-refractivity contribution in [3.8, 4) is 0 Å². The van der Waals surface area contributed by atoms with Gasteiger partial charge >= 0.3 is 5.97 Å². The van der Waals surface area contributed by atoms with Crippen molar-refractivity contribution in [2.45, 2.75) is 40.0 Å². The highest BCUT2D eigenvalue weighted by Gasteiger charge is 2.42. The number of carbonyl (C=O) groups is 2. The summed E-state index contributed by atoms with van der Waals surface area (Å²) < 4.78 is 0. The Morgan fingerprint density at radius 3 is 2.52 bits per heavy atom. The van der Waals surface area contributed by atoms with Gasteiger partial charge in [0.15, 0.2) is 0 Å². The van der Waals surface area contributed by atoms with E-state index in [1.165, 1.54) is 0 Å². The Morgan fingerprint density at radius 1 is 1.24 bits per heavy atom. The minimum absolute atomic E-state index is 0.160. The van der Waals surface area contributed by atoms with Gasteiger partial charge in [-0.3, -0.25) is 9.59 Å². The first-order chi connectivity index (χ1) is 9.92. The van der Waals surface area contributed by atoms with Gasteiger partial charge < -0.3 is 10.4 Å². The molecule has 21 heavy (non-hydrogen) atoms. The molecular weight excluding hydrogens is 266 g/mol. The Balaban J connectivity index is 2.15. The van der Waals surface area contributed by atoms with Crippen molar-refractivity contribution in [3.05, 3.63) is 29.3 Å². The summed E-state index contributed by atoms with van der Waals surface area (Å²) in [5.41, 5.74) is 2.85. The number of carboxylic acid groups (broad SMARTS) is 1. The molecule has 4 nitrogen and oxygen atoms in total. The lowest BCUT2D eigenvalue weighted by atomic mass is 9.95. The molecule has 0 bridgehead atoms. The molecule has 0 spiro atoms. The zero-order chi connectivity index (χ0) is 15.6. The predicted octanol–water partition coefficient (Wildman–Crippen LogP) is 3.38. The van der Waals surface area contributed by atoms with Crippen molar-refractivity contribution in [1.82, 2.24) is 0 Å². The van der Waals surface area contributed by atoms with Crippen molar-refractivity contribution in [2.24, 2.45) is 17.8 Å². The molecule has 1 aliphatic rings. The number of anilines is 1. The summed E-state index contributed by atoms with van der Waals surface area (Å²) >= 11 is 0. The van der Waals surface area contributed by atoms with Crippen molar-refractivity contribution in [2.75, 3.05) is 5.32 Å². The van der Waals surface area contributed by atoms with Crippen LogP contribution in [0.5, 0.6) is 0 Å². The van der Waals surface area contributed by atoms with E-state index >= 15 is 0 Å². The fraction of sp³-hybridized carbons (Fsp3) is 0.529. The monoisotopic (exact) mass is 289 g/mol. The number of aliphatic carboxylic acids is 1. The summed E-state index contributed by atoms with van der Waals surface area (Å²) in [4.78, 5) is 23.9. The van der Waals surface area contributed by atoms with Gasteiger partial charge in [0.25, 0.3) is 0 Å². The van der Waals surface area contributed by atoms with Gasteiger partial charge in [0.1, 0.15) is 0 Å². The highest BCUT2D eigenvalue weighted by molar-refractivity contribution is 5.96. The number of hydrogen-bond donors (Lipinski definition) is 2. The third-order valence-corrected chi connectivity index (χ3v) is 4.54. The zero-order valence-corrected chi connectivity index (χ0v) is 12.8. The lowest BCUT2D eigenvalue weighted by Crippen LogP contribution is -2.30. The Morgan fingerprint density at radius 2 is 1.90 bits per heavy atom. The van der Waals surface area contributed by atoms with Crippen molar-refractivity contribution < 1.29 is 14.7 Å². The second-order valence-corrected chi connectivity index (χ2v) is 6.10. The van der Waals surface area contributed by atoms with Crippen LogP contribution in [0.1, 0.15) is 37.3 Å². The SMILES string of the molecule is CCC1CC(C(=O)O)C(C(=O)Nc2cc(C)ccc2C)C1. The number of benzene rings is 1. The van der Waals surface area contributed by atoms with Gasteiger partial charge in [0.2, 0.25) is 5.91 Å². The molecule has 1 amide bonds. The van der Waals surface area contributed by atoms with E-state index in [0.717, 1.165) is 23.2 Å². The van der Waals surface area contributed by atoms with Gasteiger partial charge in [0, 0.05) is 5.69 Å². The normalized spacial score (nSPS) is 24.8. The van der Waals surface area contributed by atoms with E-state index in [1.807, 2.05) is 32.0 Å². The van der Waals surface area contributed by atoms with Crippen LogP contribution in [0.4, 0.5) is 5.69 Å². The largest absolute Gasteiger partial charge is 0.481 e. The van der Waals surface area contributed by atoms with E-state index in [1.54, 1.807) is 0 Å². The summed E-state index contributed by atoms with van der Waals surface area (Å²) in [5, 5.41) is 12.3. The quantitative estimate of drug-likeness (QED) is 0.893. The van der Waals surface area contributed by atoms with Crippen LogP contribution in [0.25, 0.3) is 0 Å². The van der Waals surface area contributed by atoms with Crippen molar-refractivity contribution in [3.63, 3.8) is 0 Å². The van der Waals surface area contributed by atoms with Gasteiger partial charge in [-0.1, -0.05) is 25.5 Å². The number of aryl methyl sites for hydroxylation is 2. The number of nitrogens with one attached hydrogen (secondary N) is 1. The third kappa shape index (κ3) is 3.43. The Bertz CT molecular complexity index is 553. The molecule has 3 unspecified atom stereocenters. The lowest BCUT2D eigenvalue weighted by molar-refractivity contribution is -0.145. The van der Waals surface area contributed by atoms with Crippen LogP contribution in [0.3, 0.4) is 0 Å². The van der Waals surface area contributed by atoms with E-state index < -0.39 is 17.8 Å². The molecule has 0 aliphatic heterocycles. The predicted molar refractivity (Wildman–Crippen MR) is 82.2 cm³/mol. The van der Waals surface area contributed by atoms with Crippen LogP contribution in [0, 0.1) is 31.6 Å².